The Kier molecular flexibility index (Phi) is 6.99. The van der Waals surface area contributed by atoms with E-state index in [0.29, 0.717) is 0 Å². The van der Waals surface area contributed by atoms with Crippen LogP contribution < -0.4 is 15.5 Å². The maximum atomic E-state index is 14.9. The topological polar surface area (TPSA) is 116 Å². The summed E-state index contributed by atoms with van der Waals surface area (Å²) in [5, 5.41) is 5.03. The standard InChI is InChI=1S/C24H29F3N8O3/c1-33(21(36)31-18-3-2-16(25)14-29-18)17-15-35(13-8-24(17,26)27)20-28-9-4-19(30-20)32-22(37)38-23-5-10-34(11-6-23)12-7-23/h2-4,9,14,17H,5-8,10-13,15H2,1H3,(H,29,31,36)(H,28,30,32,37)/t17-/m0/s1. The fourth-order valence-electron chi connectivity index (χ4n) is 5.11. The van der Waals surface area contributed by atoms with E-state index in [9.17, 15) is 22.8 Å². The van der Waals surface area contributed by atoms with E-state index in [1.807, 2.05) is 0 Å². The summed E-state index contributed by atoms with van der Waals surface area (Å²) in [5.74, 6) is -3.40. The second kappa shape index (κ2) is 10.2. The third kappa shape index (κ3) is 5.59. The van der Waals surface area contributed by atoms with Crippen LogP contribution in [0.25, 0.3) is 0 Å². The Morgan fingerprint density at radius 1 is 1.03 bits per heavy atom. The van der Waals surface area contributed by atoms with E-state index in [2.05, 4.69) is 30.5 Å². The Balaban J connectivity index is 1.23. The fourth-order valence-corrected chi connectivity index (χ4v) is 5.11. The van der Waals surface area contributed by atoms with Crippen molar-refractivity contribution in [1.82, 2.24) is 24.8 Å². The molecular formula is C24H29F3N8O3. The van der Waals surface area contributed by atoms with Gasteiger partial charge in [0.05, 0.1) is 6.20 Å². The molecule has 3 amide bonds. The van der Waals surface area contributed by atoms with Gasteiger partial charge in [-0.2, -0.15) is 4.98 Å². The molecule has 6 rings (SSSR count). The first kappa shape index (κ1) is 25.9. The van der Waals surface area contributed by atoms with E-state index >= 15 is 0 Å². The Bertz CT molecular complexity index is 1160. The highest BCUT2D eigenvalue weighted by molar-refractivity contribution is 5.88. The van der Waals surface area contributed by atoms with Crippen molar-refractivity contribution in [3.05, 3.63) is 36.4 Å². The molecule has 1 atom stereocenters. The van der Waals surface area contributed by atoms with E-state index in [4.69, 9.17) is 4.74 Å². The van der Waals surface area contributed by atoms with Gasteiger partial charge in [-0.3, -0.25) is 10.6 Å². The molecule has 4 fully saturated rings. The highest BCUT2D eigenvalue weighted by atomic mass is 19.3. The number of urea groups is 1. The number of amides is 3. The van der Waals surface area contributed by atoms with Crippen molar-refractivity contribution in [2.24, 2.45) is 0 Å². The number of likely N-dealkylation sites (N-methyl/N-ethyl adjacent to an activating group) is 1. The molecule has 0 spiro atoms. The van der Waals surface area contributed by atoms with Gasteiger partial charge in [0.2, 0.25) is 5.95 Å². The van der Waals surface area contributed by atoms with Crippen LogP contribution in [0.4, 0.5) is 40.3 Å². The monoisotopic (exact) mass is 534 g/mol. The number of pyridine rings is 1. The number of anilines is 3. The third-order valence-electron chi connectivity index (χ3n) is 7.46. The van der Waals surface area contributed by atoms with Crippen molar-refractivity contribution in [3.8, 4) is 0 Å². The average molecular weight is 535 g/mol. The van der Waals surface area contributed by atoms with Gasteiger partial charge in [-0.15, -0.1) is 0 Å². The lowest BCUT2D eigenvalue weighted by Gasteiger charge is -2.47. The van der Waals surface area contributed by atoms with E-state index in [0.717, 1.165) is 56.1 Å². The van der Waals surface area contributed by atoms with Crippen molar-refractivity contribution in [1.29, 1.82) is 0 Å². The predicted octanol–water partition coefficient (Wildman–Crippen LogP) is 3.18. The van der Waals surface area contributed by atoms with E-state index in [1.54, 1.807) is 0 Å². The van der Waals surface area contributed by atoms with Crippen molar-refractivity contribution in [3.63, 3.8) is 0 Å². The number of hydrogen-bond donors (Lipinski definition) is 2. The van der Waals surface area contributed by atoms with Crippen LogP contribution in [-0.4, -0.2) is 94.2 Å². The van der Waals surface area contributed by atoms with E-state index in [1.165, 1.54) is 30.3 Å². The molecule has 14 heteroatoms. The van der Waals surface area contributed by atoms with E-state index in [-0.39, 0.29) is 30.7 Å². The highest BCUT2D eigenvalue weighted by Gasteiger charge is 2.48. The number of carbonyl (C=O) groups is 2. The molecule has 0 aromatic carbocycles. The molecule has 4 saturated heterocycles. The summed E-state index contributed by atoms with van der Waals surface area (Å²) in [6.07, 6.45) is 3.56. The number of alkyl halides is 2. The molecule has 2 aromatic heterocycles. The van der Waals surface area contributed by atoms with Gasteiger partial charge in [-0.05, 0) is 18.2 Å². The van der Waals surface area contributed by atoms with Crippen molar-refractivity contribution < 1.29 is 27.5 Å². The molecule has 2 N–H and O–H groups in total. The van der Waals surface area contributed by atoms with Crippen molar-refractivity contribution in [2.75, 3.05) is 55.3 Å². The molecule has 2 aromatic rings. The largest absolute Gasteiger partial charge is 0.443 e. The number of aromatic nitrogens is 3. The molecule has 0 unspecified atom stereocenters. The molecule has 2 bridgehead atoms. The van der Waals surface area contributed by atoms with Crippen LogP contribution >= 0.6 is 0 Å². The molecule has 4 aliphatic rings. The van der Waals surface area contributed by atoms with Crippen LogP contribution in [0.1, 0.15) is 25.7 Å². The summed E-state index contributed by atoms with van der Waals surface area (Å²) in [6.45, 7) is 2.41. The first-order valence-electron chi connectivity index (χ1n) is 12.5. The zero-order chi connectivity index (χ0) is 26.9. The Labute approximate surface area is 217 Å². The zero-order valence-electron chi connectivity index (χ0n) is 20.9. The Morgan fingerprint density at radius 3 is 2.45 bits per heavy atom. The van der Waals surface area contributed by atoms with Gasteiger partial charge < -0.3 is 19.4 Å². The summed E-state index contributed by atoms with van der Waals surface area (Å²) in [7, 11) is 1.25. The number of hydrogen-bond acceptors (Lipinski definition) is 8. The van der Waals surface area contributed by atoms with Crippen LogP contribution in [0.2, 0.25) is 0 Å². The number of fused-ring (bicyclic) bond motifs is 3. The van der Waals surface area contributed by atoms with Gasteiger partial charge in [0.15, 0.2) is 0 Å². The summed E-state index contributed by atoms with van der Waals surface area (Å²) in [5.41, 5.74) is -0.463. The average Bonchev–Trinajstić information content (AvgIpc) is 2.90. The first-order chi connectivity index (χ1) is 18.1. The van der Waals surface area contributed by atoms with Gasteiger partial charge in [-0.1, -0.05) is 0 Å². The molecule has 0 saturated carbocycles. The first-order valence-corrected chi connectivity index (χ1v) is 12.5. The molecule has 0 aliphatic carbocycles. The second-order valence-electron chi connectivity index (χ2n) is 9.91. The van der Waals surface area contributed by atoms with Crippen LogP contribution in [0.3, 0.4) is 0 Å². The molecule has 38 heavy (non-hydrogen) atoms. The van der Waals surface area contributed by atoms with E-state index < -0.39 is 41.9 Å². The summed E-state index contributed by atoms with van der Waals surface area (Å²) < 4.78 is 48.6. The van der Waals surface area contributed by atoms with Crippen LogP contribution in [0.5, 0.6) is 0 Å². The quantitative estimate of drug-likeness (QED) is 0.601. The lowest BCUT2D eigenvalue weighted by Crippen LogP contribution is -2.60. The maximum absolute atomic E-state index is 14.9. The SMILES string of the molecule is CN(C(=O)Nc1ccc(F)cn1)[C@H]1CN(c2nccc(NC(=O)OC34CCN(CC3)CC4)n2)CCC1(F)F. The predicted molar refractivity (Wildman–Crippen MR) is 132 cm³/mol. The fraction of sp³-hybridized carbons (Fsp3) is 0.542. The van der Waals surface area contributed by atoms with Crippen LogP contribution in [0.15, 0.2) is 30.6 Å². The van der Waals surface area contributed by atoms with Gasteiger partial charge in [0.25, 0.3) is 5.92 Å². The van der Waals surface area contributed by atoms with Gasteiger partial charge in [-0.25, -0.2) is 32.7 Å². The number of carbonyl (C=O) groups excluding carboxylic acids is 2. The summed E-state index contributed by atoms with van der Waals surface area (Å²) in [4.78, 5) is 42.3. The number of nitrogens with one attached hydrogen (secondary N) is 2. The Hall–Kier alpha value is -3.68. The summed E-state index contributed by atoms with van der Waals surface area (Å²) in [6, 6.07) is 1.52. The highest BCUT2D eigenvalue weighted by Crippen LogP contribution is 2.36. The van der Waals surface area contributed by atoms with Crippen molar-refractivity contribution >= 4 is 29.7 Å². The number of rotatable bonds is 5. The lowest BCUT2D eigenvalue weighted by atomic mass is 9.83. The minimum atomic E-state index is -3.17. The van der Waals surface area contributed by atoms with Gasteiger partial charge in [0, 0.05) is 71.7 Å². The lowest BCUT2D eigenvalue weighted by molar-refractivity contribution is -0.0760. The minimum absolute atomic E-state index is 0.0338. The number of piperidine rings is 4. The molecule has 0 radical (unpaired) electrons. The van der Waals surface area contributed by atoms with Gasteiger partial charge in [0.1, 0.15) is 29.1 Å². The van der Waals surface area contributed by atoms with Crippen LogP contribution in [-0.2, 0) is 4.74 Å². The maximum Gasteiger partial charge on any atom is 0.413 e. The number of nitrogens with zero attached hydrogens (tertiary/aromatic N) is 6. The zero-order valence-corrected chi connectivity index (χ0v) is 20.9. The molecule has 204 valence electrons. The van der Waals surface area contributed by atoms with Crippen LogP contribution in [0, 0.1) is 5.82 Å². The summed E-state index contributed by atoms with van der Waals surface area (Å²) >= 11 is 0. The number of ether oxygens (including phenoxy) is 1. The third-order valence-corrected chi connectivity index (χ3v) is 7.46. The van der Waals surface area contributed by atoms with Gasteiger partial charge >= 0.3 is 12.1 Å². The molecule has 11 nitrogen and oxygen atoms in total. The van der Waals surface area contributed by atoms with Crippen molar-refractivity contribution in [2.45, 2.75) is 43.2 Å². The molecular weight excluding hydrogens is 505 g/mol. The Morgan fingerprint density at radius 2 is 1.76 bits per heavy atom. The normalized spacial score (nSPS) is 25.9. The molecule has 6 heterocycles. The smallest absolute Gasteiger partial charge is 0.413 e. The minimum Gasteiger partial charge on any atom is -0.443 e. The number of halogens is 3. The second-order valence-corrected chi connectivity index (χ2v) is 9.91. The molecule has 4 aliphatic heterocycles.